The second-order valence-electron chi connectivity index (χ2n) is 4.79. The van der Waals surface area contributed by atoms with Crippen molar-refractivity contribution in [3.8, 4) is 0 Å². The summed E-state index contributed by atoms with van der Waals surface area (Å²) in [6.45, 7) is 4.00. The summed E-state index contributed by atoms with van der Waals surface area (Å²) < 4.78 is 5.74. The maximum atomic E-state index is 5.74. The fraction of sp³-hybridized carbons (Fsp3) is 0.467. The summed E-state index contributed by atoms with van der Waals surface area (Å²) in [5.74, 6) is 1.75. The molecular formula is C15H19NO. The molecule has 0 amide bonds. The van der Waals surface area contributed by atoms with Crippen molar-refractivity contribution >= 4 is 0 Å². The molecule has 90 valence electrons. The number of hydrogen-bond donors (Lipinski definition) is 1. The predicted molar refractivity (Wildman–Crippen MR) is 69.0 cm³/mol. The minimum atomic E-state index is 0.373. The lowest BCUT2D eigenvalue weighted by Gasteiger charge is -2.37. The molecule has 1 aliphatic heterocycles. The van der Waals surface area contributed by atoms with Crippen molar-refractivity contribution in [2.75, 3.05) is 13.2 Å². The second kappa shape index (κ2) is 4.53. The molecular weight excluding hydrogens is 210 g/mol. The van der Waals surface area contributed by atoms with Crippen molar-refractivity contribution < 1.29 is 4.74 Å². The molecule has 1 N–H and O–H groups in total. The van der Waals surface area contributed by atoms with Crippen molar-refractivity contribution in [3.05, 3.63) is 47.2 Å². The van der Waals surface area contributed by atoms with Crippen molar-refractivity contribution in [1.29, 1.82) is 0 Å². The summed E-state index contributed by atoms with van der Waals surface area (Å²) in [5.41, 5.74) is 2.99. The van der Waals surface area contributed by atoms with Gasteiger partial charge in [-0.05, 0) is 30.2 Å². The number of nitrogens with one attached hydrogen (secondary N) is 1. The van der Waals surface area contributed by atoms with Gasteiger partial charge in [-0.1, -0.05) is 31.2 Å². The molecule has 2 unspecified atom stereocenters. The van der Waals surface area contributed by atoms with Gasteiger partial charge >= 0.3 is 0 Å². The smallest absolute Gasteiger partial charge is 0.110 e. The molecule has 17 heavy (non-hydrogen) atoms. The van der Waals surface area contributed by atoms with Gasteiger partial charge in [0.15, 0.2) is 0 Å². The molecule has 2 atom stereocenters. The molecule has 0 spiro atoms. The van der Waals surface area contributed by atoms with Crippen LogP contribution in [0.25, 0.3) is 0 Å². The number of ether oxygens (including phenoxy) is 1. The minimum Gasteiger partial charge on any atom is -0.496 e. The number of hydrogen-bond acceptors (Lipinski definition) is 2. The Morgan fingerprint density at radius 3 is 3.00 bits per heavy atom. The van der Waals surface area contributed by atoms with Crippen LogP contribution in [0.5, 0.6) is 0 Å². The van der Waals surface area contributed by atoms with Crippen LogP contribution >= 0.6 is 0 Å². The fourth-order valence-electron chi connectivity index (χ4n) is 2.91. The Bertz CT molecular complexity index is 438. The van der Waals surface area contributed by atoms with Crippen LogP contribution in [-0.2, 0) is 11.2 Å². The van der Waals surface area contributed by atoms with Crippen molar-refractivity contribution in [1.82, 2.24) is 5.32 Å². The third-order valence-electron chi connectivity index (χ3n) is 3.76. The van der Waals surface area contributed by atoms with E-state index in [0.29, 0.717) is 12.0 Å². The van der Waals surface area contributed by atoms with Gasteiger partial charge < -0.3 is 10.1 Å². The second-order valence-corrected chi connectivity index (χ2v) is 4.79. The first-order valence-electron chi connectivity index (χ1n) is 6.54. The van der Waals surface area contributed by atoms with E-state index in [9.17, 15) is 0 Å². The van der Waals surface area contributed by atoms with Crippen LogP contribution in [0.3, 0.4) is 0 Å². The Labute approximate surface area is 103 Å². The number of likely N-dealkylation sites (N-methyl/N-ethyl adjacent to an activating group) is 1. The van der Waals surface area contributed by atoms with Crippen LogP contribution in [0.1, 0.15) is 30.4 Å². The highest BCUT2D eigenvalue weighted by atomic mass is 16.5. The predicted octanol–water partition coefficient (Wildman–Crippen LogP) is 2.61. The van der Waals surface area contributed by atoms with Gasteiger partial charge in [-0.2, -0.15) is 0 Å². The van der Waals surface area contributed by atoms with Crippen molar-refractivity contribution in [3.63, 3.8) is 0 Å². The third-order valence-corrected chi connectivity index (χ3v) is 3.76. The summed E-state index contributed by atoms with van der Waals surface area (Å²) in [6, 6.07) is 9.13. The van der Waals surface area contributed by atoms with Gasteiger partial charge in [0.2, 0.25) is 0 Å². The van der Waals surface area contributed by atoms with Crippen LogP contribution in [0.4, 0.5) is 0 Å². The van der Waals surface area contributed by atoms with Crippen LogP contribution in [-0.4, -0.2) is 19.2 Å². The SMILES string of the molecule is CCNC(C1=CCCO1)C1Cc2ccccc21. The molecule has 0 bridgehead atoms. The van der Waals surface area contributed by atoms with Gasteiger partial charge in [-0.15, -0.1) is 0 Å². The largest absolute Gasteiger partial charge is 0.496 e. The van der Waals surface area contributed by atoms with Crippen LogP contribution in [0, 0.1) is 0 Å². The Kier molecular flexibility index (Phi) is 2.89. The molecule has 1 heterocycles. The highest BCUT2D eigenvalue weighted by Gasteiger charge is 2.35. The molecule has 1 aromatic carbocycles. The lowest BCUT2D eigenvalue weighted by atomic mass is 9.73. The summed E-state index contributed by atoms with van der Waals surface area (Å²) in [6.07, 6.45) is 4.48. The van der Waals surface area contributed by atoms with Gasteiger partial charge in [-0.3, -0.25) is 0 Å². The van der Waals surface area contributed by atoms with Gasteiger partial charge in [-0.25, -0.2) is 0 Å². The van der Waals surface area contributed by atoms with Crippen LogP contribution < -0.4 is 5.32 Å². The zero-order chi connectivity index (χ0) is 11.7. The summed E-state index contributed by atoms with van der Waals surface area (Å²) in [5, 5.41) is 3.57. The molecule has 2 nitrogen and oxygen atoms in total. The lowest BCUT2D eigenvalue weighted by molar-refractivity contribution is 0.202. The highest BCUT2D eigenvalue weighted by Crippen LogP contribution is 2.40. The van der Waals surface area contributed by atoms with E-state index < -0.39 is 0 Å². The molecule has 2 heteroatoms. The van der Waals surface area contributed by atoms with Gasteiger partial charge in [0.25, 0.3) is 0 Å². The standard InChI is InChI=1S/C15H19NO/c1-2-16-15(14-8-5-9-17-14)13-10-11-6-3-4-7-12(11)13/h3-4,6-8,13,15-16H,2,5,9-10H2,1H3. The van der Waals surface area contributed by atoms with E-state index in [1.165, 1.54) is 17.5 Å². The average molecular weight is 229 g/mol. The third kappa shape index (κ3) is 1.87. The van der Waals surface area contributed by atoms with E-state index >= 15 is 0 Å². The summed E-state index contributed by atoms with van der Waals surface area (Å²) >= 11 is 0. The van der Waals surface area contributed by atoms with Crippen LogP contribution in [0.15, 0.2) is 36.1 Å². The first-order chi connectivity index (χ1) is 8.40. The van der Waals surface area contributed by atoms with E-state index in [-0.39, 0.29) is 0 Å². The molecule has 1 aromatic rings. The molecule has 2 aliphatic rings. The molecule has 0 saturated heterocycles. The molecule has 3 rings (SSSR count). The van der Waals surface area contributed by atoms with Gasteiger partial charge in [0, 0.05) is 12.3 Å². The maximum absolute atomic E-state index is 5.74. The number of rotatable bonds is 4. The summed E-state index contributed by atoms with van der Waals surface area (Å²) in [7, 11) is 0. The minimum absolute atomic E-state index is 0.373. The van der Waals surface area contributed by atoms with Gasteiger partial charge in [0.05, 0.1) is 12.6 Å². The maximum Gasteiger partial charge on any atom is 0.110 e. The Hall–Kier alpha value is -1.28. The average Bonchev–Trinajstić information content (AvgIpc) is 2.83. The van der Waals surface area contributed by atoms with E-state index in [2.05, 4.69) is 42.6 Å². The zero-order valence-electron chi connectivity index (χ0n) is 10.3. The van der Waals surface area contributed by atoms with E-state index in [4.69, 9.17) is 4.74 Å². The molecule has 0 aromatic heterocycles. The van der Waals surface area contributed by atoms with Crippen LogP contribution in [0.2, 0.25) is 0 Å². The highest BCUT2D eigenvalue weighted by molar-refractivity contribution is 5.43. The zero-order valence-corrected chi connectivity index (χ0v) is 10.3. The summed E-state index contributed by atoms with van der Waals surface area (Å²) in [4.78, 5) is 0. The topological polar surface area (TPSA) is 21.3 Å². The Morgan fingerprint density at radius 1 is 1.41 bits per heavy atom. The number of benzene rings is 1. The molecule has 1 aliphatic carbocycles. The molecule has 0 fully saturated rings. The lowest BCUT2D eigenvalue weighted by Crippen LogP contribution is -2.41. The Morgan fingerprint density at radius 2 is 2.29 bits per heavy atom. The van der Waals surface area contributed by atoms with E-state index in [0.717, 1.165) is 25.3 Å². The normalized spacial score (nSPS) is 23.4. The Balaban J connectivity index is 1.82. The molecule has 0 radical (unpaired) electrons. The fourth-order valence-corrected chi connectivity index (χ4v) is 2.91. The first-order valence-corrected chi connectivity index (χ1v) is 6.54. The monoisotopic (exact) mass is 229 g/mol. The number of fused-ring (bicyclic) bond motifs is 1. The van der Waals surface area contributed by atoms with E-state index in [1.54, 1.807) is 0 Å². The van der Waals surface area contributed by atoms with Crippen molar-refractivity contribution in [2.24, 2.45) is 0 Å². The van der Waals surface area contributed by atoms with E-state index in [1.807, 2.05) is 0 Å². The van der Waals surface area contributed by atoms with Crippen molar-refractivity contribution in [2.45, 2.75) is 31.7 Å². The molecule has 0 saturated carbocycles. The first kappa shape index (κ1) is 10.8. The van der Waals surface area contributed by atoms with Gasteiger partial charge in [0.1, 0.15) is 5.76 Å². The quantitative estimate of drug-likeness (QED) is 0.857.